The van der Waals surface area contributed by atoms with E-state index >= 15 is 4.39 Å². The number of fused-ring (bicyclic) bond motifs is 1. The predicted octanol–water partition coefficient (Wildman–Crippen LogP) is 4.05. The number of pyridine rings is 2. The second-order valence-corrected chi connectivity index (χ2v) is 8.16. The van der Waals surface area contributed by atoms with Crippen LogP contribution in [0.2, 0.25) is 0 Å². The molecule has 0 amide bonds. The summed E-state index contributed by atoms with van der Waals surface area (Å²) in [5.41, 5.74) is 0.696. The molecular formula is C25H20F2N4O3. The molecule has 0 spiro atoms. The van der Waals surface area contributed by atoms with Crippen LogP contribution in [0.4, 0.5) is 20.2 Å². The van der Waals surface area contributed by atoms with Crippen LogP contribution < -0.4 is 15.6 Å². The van der Waals surface area contributed by atoms with Gasteiger partial charge in [0.1, 0.15) is 17.2 Å². The van der Waals surface area contributed by atoms with Crippen LogP contribution in [-0.4, -0.2) is 39.8 Å². The molecular weight excluding hydrogens is 442 g/mol. The first-order chi connectivity index (χ1) is 16.4. The highest BCUT2D eigenvalue weighted by Crippen LogP contribution is 2.30. The van der Waals surface area contributed by atoms with E-state index in [9.17, 15) is 19.1 Å². The van der Waals surface area contributed by atoms with Crippen LogP contribution in [0, 0.1) is 11.6 Å². The third-order valence-electron chi connectivity index (χ3n) is 5.97. The monoisotopic (exact) mass is 462 g/mol. The molecule has 0 radical (unpaired) electrons. The van der Waals surface area contributed by atoms with Crippen LogP contribution in [0.25, 0.3) is 16.6 Å². The summed E-state index contributed by atoms with van der Waals surface area (Å²) in [6.07, 6.45) is 5.38. The van der Waals surface area contributed by atoms with E-state index < -0.39 is 28.6 Å². The topological polar surface area (TPSA) is 87.5 Å². The standard InChI is InChI=1S/C25H20F2N4O3/c26-15-3-5-18(6-4-15)31-14-20(25(33)34)24(32)19-10-21(27)23(11-22(19)31)30-9-7-17(13-30)29-16-2-1-8-28-12-16/h1-6,8,10-12,14,17,29H,7,9,13H2,(H,33,34). The van der Waals surface area contributed by atoms with Gasteiger partial charge in [0.15, 0.2) is 0 Å². The molecule has 5 rings (SSSR count). The lowest BCUT2D eigenvalue weighted by Gasteiger charge is -2.22. The van der Waals surface area contributed by atoms with Gasteiger partial charge in [-0.3, -0.25) is 9.78 Å². The fraction of sp³-hybridized carbons (Fsp3) is 0.160. The summed E-state index contributed by atoms with van der Waals surface area (Å²) in [6.45, 7) is 1.12. The van der Waals surface area contributed by atoms with Crippen molar-refractivity contribution in [3.8, 4) is 5.69 Å². The Bertz CT molecular complexity index is 1440. The number of aromatic carboxylic acids is 1. The van der Waals surface area contributed by atoms with Gasteiger partial charge >= 0.3 is 5.97 Å². The van der Waals surface area contributed by atoms with E-state index in [4.69, 9.17) is 0 Å². The van der Waals surface area contributed by atoms with E-state index in [0.717, 1.165) is 18.2 Å². The molecule has 0 bridgehead atoms. The van der Waals surface area contributed by atoms with E-state index in [2.05, 4.69) is 10.3 Å². The van der Waals surface area contributed by atoms with Crippen molar-refractivity contribution in [2.24, 2.45) is 0 Å². The lowest BCUT2D eigenvalue weighted by molar-refractivity contribution is 0.0695. The average Bonchev–Trinajstić information content (AvgIpc) is 3.28. The lowest BCUT2D eigenvalue weighted by Crippen LogP contribution is -2.27. The maximum Gasteiger partial charge on any atom is 0.341 e. The quantitative estimate of drug-likeness (QED) is 0.465. The summed E-state index contributed by atoms with van der Waals surface area (Å²) in [4.78, 5) is 30.4. The summed E-state index contributed by atoms with van der Waals surface area (Å²) < 4.78 is 30.2. The molecule has 34 heavy (non-hydrogen) atoms. The number of aromatic nitrogens is 2. The van der Waals surface area contributed by atoms with Crippen molar-refractivity contribution >= 4 is 28.2 Å². The molecule has 2 aromatic heterocycles. The number of benzene rings is 2. The van der Waals surface area contributed by atoms with Gasteiger partial charge < -0.3 is 19.9 Å². The van der Waals surface area contributed by atoms with Gasteiger partial charge in [-0.1, -0.05) is 0 Å². The van der Waals surface area contributed by atoms with Crippen LogP contribution in [0.3, 0.4) is 0 Å². The molecule has 0 saturated carbocycles. The summed E-state index contributed by atoms with van der Waals surface area (Å²) in [5, 5.41) is 12.8. The van der Waals surface area contributed by atoms with Gasteiger partial charge in [-0.15, -0.1) is 0 Å². The smallest absolute Gasteiger partial charge is 0.341 e. The van der Waals surface area contributed by atoms with E-state index in [1.54, 1.807) is 18.5 Å². The third-order valence-corrected chi connectivity index (χ3v) is 5.97. The Labute approximate surface area is 192 Å². The van der Waals surface area contributed by atoms with Crippen molar-refractivity contribution in [1.29, 1.82) is 0 Å². The summed E-state index contributed by atoms with van der Waals surface area (Å²) in [7, 11) is 0. The molecule has 2 aromatic carbocycles. The number of rotatable bonds is 5. The molecule has 1 aliphatic heterocycles. The Morgan fingerprint density at radius 2 is 1.94 bits per heavy atom. The zero-order valence-electron chi connectivity index (χ0n) is 17.9. The zero-order valence-corrected chi connectivity index (χ0v) is 17.9. The minimum absolute atomic E-state index is 0.0605. The van der Waals surface area contributed by atoms with Crippen LogP contribution in [0.5, 0.6) is 0 Å². The minimum Gasteiger partial charge on any atom is -0.477 e. The Kier molecular flexibility index (Phi) is 5.45. The average molecular weight is 462 g/mol. The fourth-order valence-electron chi connectivity index (χ4n) is 4.33. The van der Waals surface area contributed by atoms with Crippen molar-refractivity contribution in [1.82, 2.24) is 9.55 Å². The summed E-state index contributed by atoms with van der Waals surface area (Å²) in [5.74, 6) is -2.49. The first-order valence-corrected chi connectivity index (χ1v) is 10.7. The van der Waals surface area contributed by atoms with E-state index in [1.807, 2.05) is 17.0 Å². The molecule has 1 saturated heterocycles. The zero-order chi connectivity index (χ0) is 23.8. The SMILES string of the molecule is O=C(O)c1cn(-c2ccc(F)cc2)c2cc(N3CCC(Nc4cccnc4)C3)c(F)cc2c1=O. The molecule has 3 heterocycles. The van der Waals surface area contributed by atoms with Crippen molar-refractivity contribution in [3.63, 3.8) is 0 Å². The number of nitrogens with zero attached hydrogens (tertiary/aromatic N) is 3. The van der Waals surface area contributed by atoms with Gasteiger partial charge in [-0.05, 0) is 55.0 Å². The van der Waals surface area contributed by atoms with Crippen molar-refractivity contribution in [2.45, 2.75) is 12.5 Å². The highest BCUT2D eigenvalue weighted by Gasteiger charge is 2.26. The number of nitrogens with one attached hydrogen (secondary N) is 1. The molecule has 9 heteroatoms. The molecule has 4 aromatic rings. The number of carboxylic acids is 1. The van der Waals surface area contributed by atoms with Crippen LogP contribution in [0.1, 0.15) is 16.8 Å². The van der Waals surface area contributed by atoms with E-state index in [1.165, 1.54) is 35.0 Å². The highest BCUT2D eigenvalue weighted by molar-refractivity contribution is 5.94. The Morgan fingerprint density at radius 3 is 2.65 bits per heavy atom. The Morgan fingerprint density at radius 1 is 1.15 bits per heavy atom. The van der Waals surface area contributed by atoms with Gasteiger partial charge in [-0.25, -0.2) is 13.6 Å². The first kappa shape index (κ1) is 21.6. The molecule has 1 fully saturated rings. The molecule has 1 atom stereocenters. The number of carboxylic acid groups (broad SMARTS) is 1. The molecule has 2 N–H and O–H groups in total. The predicted molar refractivity (Wildman–Crippen MR) is 125 cm³/mol. The molecule has 1 aliphatic rings. The van der Waals surface area contributed by atoms with Crippen LogP contribution >= 0.6 is 0 Å². The number of hydrogen-bond donors (Lipinski definition) is 2. The number of halogens is 2. The Balaban J connectivity index is 1.58. The second-order valence-electron chi connectivity index (χ2n) is 8.16. The summed E-state index contributed by atoms with van der Waals surface area (Å²) in [6, 6.07) is 11.9. The molecule has 0 aliphatic carbocycles. The van der Waals surface area contributed by atoms with Gasteiger partial charge in [-0.2, -0.15) is 0 Å². The lowest BCUT2D eigenvalue weighted by atomic mass is 10.1. The van der Waals surface area contributed by atoms with E-state index in [0.29, 0.717) is 30.0 Å². The highest BCUT2D eigenvalue weighted by atomic mass is 19.1. The van der Waals surface area contributed by atoms with Gasteiger partial charge in [0.2, 0.25) is 5.43 Å². The maximum absolute atomic E-state index is 15.2. The van der Waals surface area contributed by atoms with Gasteiger partial charge in [0.25, 0.3) is 0 Å². The number of hydrogen-bond acceptors (Lipinski definition) is 5. The fourth-order valence-corrected chi connectivity index (χ4v) is 4.33. The normalized spacial score (nSPS) is 15.6. The summed E-state index contributed by atoms with van der Waals surface area (Å²) >= 11 is 0. The number of carbonyl (C=O) groups is 1. The van der Waals surface area contributed by atoms with E-state index in [-0.39, 0.29) is 11.4 Å². The van der Waals surface area contributed by atoms with Crippen molar-refractivity contribution in [3.05, 3.63) is 94.5 Å². The molecule has 1 unspecified atom stereocenters. The Hall–Kier alpha value is -4.27. The molecule has 172 valence electrons. The first-order valence-electron chi connectivity index (χ1n) is 10.7. The van der Waals surface area contributed by atoms with Gasteiger partial charge in [0.05, 0.1) is 16.9 Å². The third kappa shape index (κ3) is 3.96. The van der Waals surface area contributed by atoms with Crippen LogP contribution in [-0.2, 0) is 0 Å². The largest absolute Gasteiger partial charge is 0.477 e. The van der Waals surface area contributed by atoms with Gasteiger partial charge in [0, 0.05) is 48.8 Å². The maximum atomic E-state index is 15.2. The van der Waals surface area contributed by atoms with Crippen LogP contribution in [0.15, 0.2) is 71.9 Å². The van der Waals surface area contributed by atoms with Crippen molar-refractivity contribution in [2.75, 3.05) is 23.3 Å². The second kappa shape index (κ2) is 8.58. The van der Waals surface area contributed by atoms with Crippen molar-refractivity contribution < 1.29 is 18.7 Å². The minimum atomic E-state index is -1.42. The molecule has 7 nitrogen and oxygen atoms in total. The number of anilines is 2.